The highest BCUT2D eigenvalue weighted by molar-refractivity contribution is 6.32. The molecule has 1 aliphatic carbocycles. The van der Waals surface area contributed by atoms with Gasteiger partial charge in [0, 0.05) is 44.5 Å². The van der Waals surface area contributed by atoms with Crippen molar-refractivity contribution in [2.45, 2.75) is 46.1 Å². The Morgan fingerprint density at radius 3 is 2.48 bits per heavy atom. The van der Waals surface area contributed by atoms with Gasteiger partial charge in [0.15, 0.2) is 0 Å². The fraction of sp³-hybridized carbons (Fsp3) is 0.324. The van der Waals surface area contributed by atoms with E-state index in [4.69, 9.17) is 21.1 Å². The van der Waals surface area contributed by atoms with Gasteiger partial charge in [0.2, 0.25) is 11.8 Å². The number of nitrogens with zero attached hydrogens (tertiary/aromatic N) is 3. The number of rotatable bonds is 11. The van der Waals surface area contributed by atoms with Gasteiger partial charge in [0.25, 0.3) is 0 Å². The second-order valence-corrected chi connectivity index (χ2v) is 12.6. The van der Waals surface area contributed by atoms with Gasteiger partial charge in [-0.2, -0.15) is 0 Å². The molecule has 0 radical (unpaired) electrons. The molecular weight excluding hydrogens is 605 g/mol. The van der Waals surface area contributed by atoms with Crippen LogP contribution < -0.4 is 4.74 Å². The molecule has 0 atom stereocenters. The molecule has 4 rings (SSSR count). The molecule has 0 spiro atoms. The van der Waals surface area contributed by atoms with Crippen LogP contribution >= 0.6 is 11.6 Å². The summed E-state index contributed by atoms with van der Waals surface area (Å²) in [5, 5.41) is 0.355. The highest BCUT2D eigenvalue weighted by atomic mass is 35.5. The molecular formula is C37H41ClFN3O4. The molecule has 0 saturated carbocycles. The minimum absolute atomic E-state index is 0.162. The lowest BCUT2D eigenvalue weighted by atomic mass is 9.88. The standard InChI is InChI=1S/C37H41ClFN3O4/c1-7-30(31-16-15-29(39)23-32(31)38)35(28-21-25-11-8-9-12-26(25)22-28)27-14-17-33(40-24-27)45-20-19-42(36(44)46-37(2,3)4)18-10-13-34(43)41(5)6/h8-17,21,23-24H,7,18-20,22H2,1-6H3/b13-10+,35-30+. The molecule has 9 heteroatoms. The van der Waals surface area contributed by atoms with E-state index in [9.17, 15) is 14.0 Å². The van der Waals surface area contributed by atoms with Gasteiger partial charge in [-0.3, -0.25) is 4.79 Å². The molecule has 1 heterocycles. The Hall–Kier alpha value is -4.43. The van der Waals surface area contributed by atoms with Crippen LogP contribution in [0.2, 0.25) is 5.02 Å². The second kappa shape index (κ2) is 15.2. The lowest BCUT2D eigenvalue weighted by Gasteiger charge is -2.26. The number of fused-ring (bicyclic) bond motifs is 1. The molecule has 1 aliphatic rings. The summed E-state index contributed by atoms with van der Waals surface area (Å²) in [4.78, 5) is 32.3. The summed E-state index contributed by atoms with van der Waals surface area (Å²) in [5.74, 6) is -0.167. The number of halogens is 2. The first-order valence-corrected chi connectivity index (χ1v) is 15.7. The van der Waals surface area contributed by atoms with Crippen molar-refractivity contribution in [2.75, 3.05) is 33.8 Å². The lowest BCUT2D eigenvalue weighted by Crippen LogP contribution is -2.39. The molecule has 0 aliphatic heterocycles. The van der Waals surface area contributed by atoms with Gasteiger partial charge < -0.3 is 19.3 Å². The number of hydrogen-bond donors (Lipinski definition) is 0. The van der Waals surface area contributed by atoms with Gasteiger partial charge in [-0.15, -0.1) is 0 Å². The van der Waals surface area contributed by atoms with Gasteiger partial charge >= 0.3 is 6.09 Å². The summed E-state index contributed by atoms with van der Waals surface area (Å²) in [6, 6.07) is 16.5. The molecule has 0 fully saturated rings. The van der Waals surface area contributed by atoms with E-state index in [0.29, 0.717) is 17.3 Å². The molecule has 0 saturated heterocycles. The Morgan fingerprint density at radius 1 is 1.09 bits per heavy atom. The number of pyridine rings is 1. The number of allylic oxidation sites excluding steroid dienone is 3. The number of ether oxygens (including phenoxy) is 2. The van der Waals surface area contributed by atoms with Crippen LogP contribution in [-0.4, -0.2) is 66.2 Å². The Balaban J connectivity index is 1.56. The van der Waals surface area contributed by atoms with Crippen LogP contribution in [0.25, 0.3) is 17.2 Å². The van der Waals surface area contributed by atoms with Crippen LogP contribution in [0.1, 0.15) is 56.4 Å². The van der Waals surface area contributed by atoms with Crippen molar-refractivity contribution in [2.24, 2.45) is 0 Å². The van der Waals surface area contributed by atoms with Crippen LogP contribution in [0.4, 0.5) is 9.18 Å². The lowest BCUT2D eigenvalue weighted by molar-refractivity contribution is -0.123. The Kier molecular flexibility index (Phi) is 11.4. The third-order valence-electron chi connectivity index (χ3n) is 7.31. The van der Waals surface area contributed by atoms with Crippen molar-refractivity contribution >= 4 is 40.8 Å². The normalized spacial score (nSPS) is 13.2. The van der Waals surface area contributed by atoms with Crippen LogP contribution in [0.15, 0.2) is 78.5 Å². The van der Waals surface area contributed by atoms with Crippen molar-refractivity contribution in [1.29, 1.82) is 0 Å². The number of benzene rings is 2. The number of carbonyl (C=O) groups excluding carboxylic acids is 2. The van der Waals surface area contributed by atoms with E-state index < -0.39 is 11.7 Å². The molecule has 7 nitrogen and oxygen atoms in total. The summed E-state index contributed by atoms with van der Waals surface area (Å²) < 4.78 is 25.5. The summed E-state index contributed by atoms with van der Waals surface area (Å²) in [5.41, 5.74) is 6.51. The average Bonchev–Trinajstić information content (AvgIpc) is 3.42. The van der Waals surface area contributed by atoms with E-state index in [1.54, 1.807) is 59.3 Å². The van der Waals surface area contributed by atoms with Gasteiger partial charge in [0.05, 0.1) is 11.6 Å². The van der Waals surface area contributed by atoms with Crippen LogP contribution in [0, 0.1) is 5.82 Å². The number of carbonyl (C=O) groups is 2. The molecule has 46 heavy (non-hydrogen) atoms. The molecule has 0 bridgehead atoms. The summed E-state index contributed by atoms with van der Waals surface area (Å²) in [6.45, 7) is 8.02. The Morgan fingerprint density at radius 2 is 1.85 bits per heavy atom. The zero-order valence-electron chi connectivity index (χ0n) is 27.3. The molecule has 3 aromatic rings. The number of aromatic nitrogens is 1. The minimum Gasteiger partial charge on any atom is -0.476 e. The highest BCUT2D eigenvalue weighted by Gasteiger charge is 2.23. The number of hydrogen-bond acceptors (Lipinski definition) is 5. The summed E-state index contributed by atoms with van der Waals surface area (Å²) >= 11 is 6.57. The van der Waals surface area contributed by atoms with Crippen LogP contribution in [0.3, 0.4) is 0 Å². The van der Waals surface area contributed by atoms with E-state index in [1.807, 2.05) is 18.2 Å². The van der Waals surface area contributed by atoms with E-state index in [0.717, 1.165) is 34.3 Å². The zero-order valence-corrected chi connectivity index (χ0v) is 28.0. The van der Waals surface area contributed by atoms with Crippen LogP contribution in [-0.2, 0) is 16.0 Å². The first-order chi connectivity index (χ1) is 21.9. The minimum atomic E-state index is -0.673. The predicted octanol–water partition coefficient (Wildman–Crippen LogP) is 8.09. The maximum absolute atomic E-state index is 14.0. The number of amides is 2. The van der Waals surface area contributed by atoms with Crippen molar-refractivity contribution in [3.05, 3.63) is 112 Å². The van der Waals surface area contributed by atoms with E-state index >= 15 is 0 Å². The van der Waals surface area contributed by atoms with Crippen LogP contribution in [0.5, 0.6) is 5.88 Å². The van der Waals surface area contributed by atoms with E-state index in [-0.39, 0.29) is 31.4 Å². The van der Waals surface area contributed by atoms with Gasteiger partial charge in [-0.1, -0.05) is 61.0 Å². The maximum Gasteiger partial charge on any atom is 0.410 e. The summed E-state index contributed by atoms with van der Waals surface area (Å²) in [7, 11) is 3.32. The van der Waals surface area contributed by atoms with Gasteiger partial charge in [0.1, 0.15) is 18.0 Å². The molecule has 242 valence electrons. The number of likely N-dealkylation sites (N-methyl/N-ethyl adjacent to an activating group) is 1. The zero-order chi connectivity index (χ0) is 33.4. The SMILES string of the molecule is CC/C(=C(\C1=Cc2ccccc2C1)c1ccc(OCCN(C/C=C/C(=O)N(C)C)C(=O)OC(C)(C)C)nc1)c1ccc(F)cc1Cl. The molecule has 0 N–H and O–H groups in total. The van der Waals surface area contributed by atoms with Crippen molar-refractivity contribution < 1.29 is 23.5 Å². The second-order valence-electron chi connectivity index (χ2n) is 12.2. The van der Waals surface area contributed by atoms with Crippen molar-refractivity contribution in [3.63, 3.8) is 0 Å². The van der Waals surface area contributed by atoms with Gasteiger partial charge in [-0.25, -0.2) is 14.2 Å². The first-order valence-electron chi connectivity index (χ1n) is 15.3. The third kappa shape index (κ3) is 9.07. The molecule has 0 unspecified atom stereocenters. The topological polar surface area (TPSA) is 72.0 Å². The van der Waals surface area contributed by atoms with E-state index in [1.165, 1.54) is 39.1 Å². The quantitative estimate of drug-likeness (QED) is 0.197. The summed E-state index contributed by atoms with van der Waals surface area (Å²) in [6.07, 6.45) is 7.92. The molecule has 2 aromatic carbocycles. The smallest absolute Gasteiger partial charge is 0.410 e. The highest BCUT2D eigenvalue weighted by Crippen LogP contribution is 2.41. The van der Waals surface area contributed by atoms with Crippen molar-refractivity contribution in [3.8, 4) is 5.88 Å². The first kappa shape index (κ1) is 34.4. The predicted molar refractivity (Wildman–Crippen MR) is 182 cm³/mol. The third-order valence-corrected chi connectivity index (χ3v) is 7.63. The monoisotopic (exact) mass is 645 g/mol. The Labute approximate surface area is 276 Å². The average molecular weight is 646 g/mol. The van der Waals surface area contributed by atoms with E-state index in [2.05, 4.69) is 30.1 Å². The largest absolute Gasteiger partial charge is 0.476 e. The Bertz CT molecular complexity index is 1660. The molecule has 2 amide bonds. The maximum atomic E-state index is 14.0. The van der Waals surface area contributed by atoms with Gasteiger partial charge in [-0.05, 0) is 85.2 Å². The molecule has 1 aromatic heterocycles. The fourth-order valence-corrected chi connectivity index (χ4v) is 5.40. The fourth-order valence-electron chi connectivity index (χ4n) is 5.12. The van der Waals surface area contributed by atoms with Crippen molar-refractivity contribution in [1.82, 2.24) is 14.8 Å².